The highest BCUT2D eigenvalue weighted by atomic mass is 35.5. The monoisotopic (exact) mass is 398 g/mol. The summed E-state index contributed by atoms with van der Waals surface area (Å²) in [4.78, 5) is 0. The van der Waals surface area contributed by atoms with Crippen molar-refractivity contribution in [3.8, 4) is 0 Å². The van der Waals surface area contributed by atoms with E-state index in [4.69, 9.17) is 11.6 Å². The Bertz CT molecular complexity index is 960. The van der Waals surface area contributed by atoms with Gasteiger partial charge in [0.15, 0.2) is 5.82 Å². The van der Waals surface area contributed by atoms with Gasteiger partial charge in [-0.05, 0) is 42.0 Å². The first-order valence-electron chi connectivity index (χ1n) is 7.02. The van der Waals surface area contributed by atoms with E-state index in [1.807, 2.05) is 0 Å². The fourth-order valence-corrected chi connectivity index (χ4v) is 4.39. The highest BCUT2D eigenvalue weighted by Gasteiger charge is 2.17. The highest BCUT2D eigenvalue weighted by molar-refractivity contribution is 7.94. The Morgan fingerprint density at radius 2 is 1.68 bits per heavy atom. The molecule has 2 heterocycles. The molecule has 0 aliphatic carbocycles. The molecule has 0 amide bonds. The smallest absolute Gasteiger partial charge is 0.272 e. The number of aromatic nitrogens is 2. The lowest BCUT2D eigenvalue weighted by atomic mass is 10.2. The van der Waals surface area contributed by atoms with Crippen molar-refractivity contribution < 1.29 is 12.8 Å². The minimum atomic E-state index is -3.74. The van der Waals surface area contributed by atoms with E-state index in [9.17, 15) is 12.8 Å². The molecule has 0 radical (unpaired) electrons. The van der Waals surface area contributed by atoms with E-state index in [0.717, 1.165) is 16.9 Å². The van der Waals surface area contributed by atoms with Gasteiger partial charge < -0.3 is 5.32 Å². The first kappa shape index (κ1) is 17.6. The molecular formula is C15H12ClFN4O2S2. The quantitative estimate of drug-likeness (QED) is 0.660. The standard InChI is InChI=1S/C15H12ClFN4O2S2/c16-12-5-8-15(24-12)25(22,23)21-14-7-6-13(19-20-14)18-9-10-1-3-11(17)4-2-10/h1-8H,9H2,(H,18,19)(H,20,21). The second-order valence-corrected chi connectivity index (χ2v) is 8.57. The summed E-state index contributed by atoms with van der Waals surface area (Å²) in [7, 11) is -3.74. The van der Waals surface area contributed by atoms with Crippen LogP contribution in [-0.4, -0.2) is 18.6 Å². The van der Waals surface area contributed by atoms with Crippen LogP contribution in [0.2, 0.25) is 4.34 Å². The third kappa shape index (κ3) is 4.65. The Labute approximate surface area is 152 Å². The number of hydrogen-bond donors (Lipinski definition) is 2. The number of sulfonamides is 1. The third-order valence-electron chi connectivity index (χ3n) is 3.10. The van der Waals surface area contributed by atoms with Crippen LogP contribution in [0.4, 0.5) is 16.0 Å². The van der Waals surface area contributed by atoms with Gasteiger partial charge >= 0.3 is 0 Å². The van der Waals surface area contributed by atoms with Crippen molar-refractivity contribution in [3.05, 3.63) is 64.2 Å². The molecule has 6 nitrogen and oxygen atoms in total. The molecule has 0 aliphatic heterocycles. The maximum Gasteiger partial charge on any atom is 0.272 e. The maximum atomic E-state index is 12.8. The van der Waals surface area contributed by atoms with Gasteiger partial charge in [-0.25, -0.2) is 12.8 Å². The van der Waals surface area contributed by atoms with Gasteiger partial charge in [-0.2, -0.15) is 0 Å². The number of benzene rings is 1. The molecule has 25 heavy (non-hydrogen) atoms. The fourth-order valence-electron chi connectivity index (χ4n) is 1.91. The second kappa shape index (κ2) is 7.34. The van der Waals surface area contributed by atoms with E-state index in [-0.39, 0.29) is 15.8 Å². The van der Waals surface area contributed by atoms with Gasteiger partial charge in [0.1, 0.15) is 15.8 Å². The van der Waals surface area contributed by atoms with E-state index in [0.29, 0.717) is 16.7 Å². The number of thiophene rings is 1. The average Bonchev–Trinajstić information content (AvgIpc) is 3.03. The summed E-state index contributed by atoms with van der Waals surface area (Å²) in [5.74, 6) is 0.260. The molecule has 3 aromatic rings. The lowest BCUT2D eigenvalue weighted by Crippen LogP contribution is -2.13. The summed E-state index contributed by atoms with van der Waals surface area (Å²) in [5.41, 5.74) is 0.877. The summed E-state index contributed by atoms with van der Waals surface area (Å²) in [6, 6.07) is 12.1. The predicted molar refractivity (Wildman–Crippen MR) is 95.9 cm³/mol. The van der Waals surface area contributed by atoms with Gasteiger partial charge in [0, 0.05) is 6.54 Å². The number of nitrogens with zero attached hydrogens (tertiary/aromatic N) is 2. The number of nitrogens with one attached hydrogen (secondary N) is 2. The van der Waals surface area contributed by atoms with Gasteiger partial charge in [0.2, 0.25) is 0 Å². The van der Waals surface area contributed by atoms with Gasteiger partial charge in [-0.15, -0.1) is 21.5 Å². The Morgan fingerprint density at radius 3 is 2.28 bits per heavy atom. The average molecular weight is 399 g/mol. The van der Waals surface area contributed by atoms with Gasteiger partial charge in [-0.1, -0.05) is 23.7 Å². The minimum Gasteiger partial charge on any atom is -0.365 e. The lowest BCUT2D eigenvalue weighted by Gasteiger charge is -2.07. The molecule has 10 heteroatoms. The maximum absolute atomic E-state index is 12.8. The van der Waals surface area contributed by atoms with Crippen molar-refractivity contribution in [1.29, 1.82) is 0 Å². The van der Waals surface area contributed by atoms with Crippen molar-refractivity contribution in [1.82, 2.24) is 10.2 Å². The number of hydrogen-bond acceptors (Lipinski definition) is 6. The molecule has 130 valence electrons. The molecule has 0 fully saturated rings. The number of rotatable bonds is 6. The first-order chi connectivity index (χ1) is 11.9. The van der Waals surface area contributed by atoms with Crippen LogP contribution >= 0.6 is 22.9 Å². The summed E-state index contributed by atoms with van der Waals surface area (Å²) in [6.07, 6.45) is 0. The lowest BCUT2D eigenvalue weighted by molar-refractivity contribution is 0.603. The molecule has 0 saturated heterocycles. The molecule has 0 saturated carbocycles. The molecule has 0 atom stereocenters. The van der Waals surface area contributed by atoms with Crippen molar-refractivity contribution in [2.45, 2.75) is 10.8 Å². The molecule has 3 rings (SSSR count). The van der Waals surface area contributed by atoms with Crippen LogP contribution in [0.15, 0.2) is 52.7 Å². The molecule has 0 aliphatic rings. The molecule has 2 N–H and O–H groups in total. The van der Waals surface area contributed by atoms with Crippen molar-refractivity contribution in [2.75, 3.05) is 10.0 Å². The van der Waals surface area contributed by atoms with Crippen LogP contribution < -0.4 is 10.0 Å². The molecule has 0 bridgehead atoms. The van der Waals surface area contributed by atoms with Crippen LogP contribution in [0.25, 0.3) is 0 Å². The molecule has 2 aromatic heterocycles. The summed E-state index contributed by atoms with van der Waals surface area (Å²) in [5, 5.41) is 10.8. The normalized spacial score (nSPS) is 11.3. The van der Waals surface area contributed by atoms with E-state index in [1.165, 1.54) is 30.3 Å². The van der Waals surface area contributed by atoms with Gasteiger partial charge in [0.25, 0.3) is 10.0 Å². The van der Waals surface area contributed by atoms with E-state index < -0.39 is 10.0 Å². The summed E-state index contributed by atoms with van der Waals surface area (Å²) < 4.78 is 40.0. The zero-order valence-electron chi connectivity index (χ0n) is 12.6. The predicted octanol–water partition coefficient (Wildman–Crippen LogP) is 3.74. The first-order valence-corrected chi connectivity index (χ1v) is 9.70. The minimum absolute atomic E-state index is 0.0943. The highest BCUT2D eigenvalue weighted by Crippen LogP contribution is 2.26. The van der Waals surface area contributed by atoms with Crippen LogP contribution in [0.3, 0.4) is 0 Å². The van der Waals surface area contributed by atoms with Crippen LogP contribution in [-0.2, 0) is 16.6 Å². The van der Waals surface area contributed by atoms with Crippen molar-refractivity contribution in [3.63, 3.8) is 0 Å². The van der Waals surface area contributed by atoms with Crippen LogP contribution in [0.5, 0.6) is 0 Å². The molecular weight excluding hydrogens is 387 g/mol. The Morgan fingerprint density at radius 1 is 1.00 bits per heavy atom. The molecule has 0 spiro atoms. The topological polar surface area (TPSA) is 84.0 Å². The molecule has 1 aromatic carbocycles. The summed E-state index contributed by atoms with van der Waals surface area (Å²) >= 11 is 6.70. The fraction of sp³-hybridized carbons (Fsp3) is 0.0667. The van der Waals surface area contributed by atoms with Crippen LogP contribution in [0, 0.1) is 5.82 Å². The van der Waals surface area contributed by atoms with Crippen molar-refractivity contribution >= 4 is 44.6 Å². The Balaban J connectivity index is 1.63. The Kier molecular flexibility index (Phi) is 5.16. The van der Waals surface area contributed by atoms with E-state index in [2.05, 4.69) is 20.2 Å². The second-order valence-electron chi connectivity index (χ2n) is 4.95. The zero-order chi connectivity index (χ0) is 17.9. The number of anilines is 2. The number of halogens is 2. The molecule has 0 unspecified atom stereocenters. The Hall–Kier alpha value is -2.23. The zero-order valence-corrected chi connectivity index (χ0v) is 15.0. The summed E-state index contributed by atoms with van der Waals surface area (Å²) in [6.45, 7) is 0.438. The van der Waals surface area contributed by atoms with Gasteiger partial charge in [-0.3, -0.25) is 4.72 Å². The third-order valence-corrected chi connectivity index (χ3v) is 6.18. The van der Waals surface area contributed by atoms with E-state index >= 15 is 0 Å². The largest absolute Gasteiger partial charge is 0.365 e. The SMILES string of the molecule is O=S(=O)(Nc1ccc(NCc2ccc(F)cc2)nn1)c1ccc(Cl)s1. The van der Waals surface area contributed by atoms with Crippen molar-refractivity contribution in [2.24, 2.45) is 0 Å². The van der Waals surface area contributed by atoms with Gasteiger partial charge in [0.05, 0.1) is 4.34 Å². The van der Waals surface area contributed by atoms with E-state index in [1.54, 1.807) is 18.2 Å². The van der Waals surface area contributed by atoms with Crippen LogP contribution in [0.1, 0.15) is 5.56 Å².